The van der Waals surface area contributed by atoms with E-state index in [0.29, 0.717) is 5.82 Å². The maximum Gasteiger partial charge on any atom is 0.335 e. The van der Waals surface area contributed by atoms with E-state index in [1.54, 1.807) is 6.92 Å². The van der Waals surface area contributed by atoms with Crippen molar-refractivity contribution < 1.29 is 14.8 Å². The van der Waals surface area contributed by atoms with Crippen molar-refractivity contribution in [2.45, 2.75) is 6.92 Å². The number of carbonyl (C=O) groups is 1. The fourth-order valence-corrected chi connectivity index (χ4v) is 1.44. The Morgan fingerprint density at radius 3 is 2.72 bits per heavy atom. The normalized spacial score (nSPS) is 10.3. The number of nitrogens with zero attached hydrogens (tertiary/aromatic N) is 5. The molecule has 1 aromatic carbocycles. The van der Waals surface area contributed by atoms with Crippen molar-refractivity contribution in [2.75, 3.05) is 0 Å². The number of tetrazole rings is 1. The van der Waals surface area contributed by atoms with E-state index in [-0.39, 0.29) is 16.9 Å². The van der Waals surface area contributed by atoms with Crippen molar-refractivity contribution in [1.29, 1.82) is 0 Å². The van der Waals surface area contributed by atoms with E-state index in [0.717, 1.165) is 6.07 Å². The third-order valence-corrected chi connectivity index (χ3v) is 2.27. The van der Waals surface area contributed by atoms with Gasteiger partial charge in [-0.3, -0.25) is 10.1 Å². The Morgan fingerprint density at radius 1 is 1.50 bits per heavy atom. The number of hydrogen-bond acceptors (Lipinski definition) is 6. The van der Waals surface area contributed by atoms with Crippen LogP contribution in [0, 0.1) is 17.0 Å². The molecule has 2 aromatic rings. The summed E-state index contributed by atoms with van der Waals surface area (Å²) >= 11 is 0. The molecule has 2 rings (SSSR count). The lowest BCUT2D eigenvalue weighted by molar-refractivity contribution is -0.384. The maximum atomic E-state index is 10.9. The third kappa shape index (κ3) is 1.88. The van der Waals surface area contributed by atoms with E-state index in [1.807, 2.05) is 0 Å². The van der Waals surface area contributed by atoms with Crippen LogP contribution in [0.25, 0.3) is 5.69 Å². The zero-order valence-electron chi connectivity index (χ0n) is 9.14. The number of rotatable bonds is 3. The number of aromatic nitrogens is 4. The van der Waals surface area contributed by atoms with E-state index < -0.39 is 10.9 Å². The van der Waals surface area contributed by atoms with Gasteiger partial charge in [-0.25, -0.2) is 4.79 Å². The summed E-state index contributed by atoms with van der Waals surface area (Å²) < 4.78 is 1.17. The lowest BCUT2D eigenvalue weighted by Gasteiger charge is -2.03. The Hall–Kier alpha value is -2.84. The highest BCUT2D eigenvalue weighted by molar-refractivity contribution is 5.89. The SMILES string of the molecule is Cc1nnnn1-c1ccc(C(=O)O)cc1[N+](=O)[O-]. The first-order valence-corrected chi connectivity index (χ1v) is 4.78. The predicted octanol–water partition coefficient (Wildman–Crippen LogP) is 0.577. The van der Waals surface area contributed by atoms with Gasteiger partial charge in [-0.05, 0) is 29.5 Å². The maximum absolute atomic E-state index is 10.9. The largest absolute Gasteiger partial charge is 0.478 e. The van der Waals surface area contributed by atoms with Gasteiger partial charge < -0.3 is 5.11 Å². The monoisotopic (exact) mass is 249 g/mol. The van der Waals surface area contributed by atoms with Gasteiger partial charge in [-0.1, -0.05) is 0 Å². The van der Waals surface area contributed by atoms with Crippen LogP contribution >= 0.6 is 0 Å². The number of aromatic carboxylic acids is 1. The predicted molar refractivity (Wildman–Crippen MR) is 57.5 cm³/mol. The van der Waals surface area contributed by atoms with E-state index in [4.69, 9.17) is 5.11 Å². The minimum Gasteiger partial charge on any atom is -0.478 e. The van der Waals surface area contributed by atoms with Crippen LogP contribution in [0.15, 0.2) is 18.2 Å². The molecule has 9 nitrogen and oxygen atoms in total. The Morgan fingerprint density at radius 2 is 2.22 bits per heavy atom. The topological polar surface area (TPSA) is 124 Å². The molecule has 0 spiro atoms. The summed E-state index contributed by atoms with van der Waals surface area (Å²) in [5.41, 5.74) is -0.422. The molecule has 1 heterocycles. The van der Waals surface area contributed by atoms with Gasteiger partial charge in [0.1, 0.15) is 5.69 Å². The summed E-state index contributed by atoms with van der Waals surface area (Å²) in [6.45, 7) is 1.58. The molecule has 0 radical (unpaired) electrons. The first-order valence-electron chi connectivity index (χ1n) is 4.78. The molecule has 0 aliphatic heterocycles. The van der Waals surface area contributed by atoms with E-state index in [1.165, 1.54) is 16.8 Å². The van der Waals surface area contributed by atoms with Gasteiger partial charge in [-0.2, -0.15) is 4.68 Å². The van der Waals surface area contributed by atoms with Gasteiger partial charge >= 0.3 is 5.97 Å². The second-order valence-corrected chi connectivity index (χ2v) is 3.40. The minimum absolute atomic E-state index is 0.118. The van der Waals surface area contributed by atoms with E-state index in [2.05, 4.69) is 15.5 Å². The molecule has 1 aromatic heterocycles. The summed E-state index contributed by atoms with van der Waals surface area (Å²) in [5.74, 6) is -0.876. The summed E-state index contributed by atoms with van der Waals surface area (Å²) in [6.07, 6.45) is 0. The van der Waals surface area contributed by atoms with Gasteiger partial charge in [0, 0.05) is 6.07 Å². The van der Waals surface area contributed by atoms with Gasteiger partial charge in [0.2, 0.25) is 0 Å². The molecule has 0 unspecified atom stereocenters. The molecular weight excluding hydrogens is 242 g/mol. The summed E-state index contributed by atoms with van der Waals surface area (Å²) in [6, 6.07) is 3.52. The minimum atomic E-state index is -1.24. The third-order valence-electron chi connectivity index (χ3n) is 2.27. The molecule has 0 saturated heterocycles. The molecule has 0 aliphatic rings. The van der Waals surface area contributed by atoms with Crippen molar-refractivity contribution in [3.8, 4) is 5.69 Å². The van der Waals surface area contributed by atoms with Gasteiger partial charge in [0.15, 0.2) is 5.82 Å². The molecule has 92 valence electrons. The van der Waals surface area contributed by atoms with Crippen LogP contribution in [-0.4, -0.2) is 36.2 Å². The zero-order chi connectivity index (χ0) is 13.3. The summed E-state index contributed by atoms with van der Waals surface area (Å²) in [4.78, 5) is 21.0. The van der Waals surface area contributed by atoms with Crippen LogP contribution < -0.4 is 0 Å². The molecule has 0 bridgehead atoms. The van der Waals surface area contributed by atoms with Crippen molar-refractivity contribution in [3.05, 3.63) is 39.7 Å². The zero-order valence-corrected chi connectivity index (χ0v) is 9.14. The standard InChI is InChI=1S/C9H7N5O4/c1-5-10-11-12-13(5)7-3-2-6(9(15)16)4-8(7)14(17)18/h2-4H,1H3,(H,15,16). The second kappa shape index (κ2) is 4.20. The number of hydrogen-bond donors (Lipinski definition) is 1. The quantitative estimate of drug-likeness (QED) is 0.622. The highest BCUT2D eigenvalue weighted by Gasteiger charge is 2.20. The smallest absolute Gasteiger partial charge is 0.335 e. The average Bonchev–Trinajstić information content (AvgIpc) is 2.74. The molecule has 0 aliphatic carbocycles. The number of carboxylic acids is 1. The first-order chi connectivity index (χ1) is 8.50. The molecule has 18 heavy (non-hydrogen) atoms. The number of aryl methyl sites for hydroxylation is 1. The molecule has 0 amide bonds. The van der Waals surface area contributed by atoms with Crippen LogP contribution in [0.3, 0.4) is 0 Å². The van der Waals surface area contributed by atoms with Crippen LogP contribution in [0.2, 0.25) is 0 Å². The van der Waals surface area contributed by atoms with Gasteiger partial charge in [-0.15, -0.1) is 5.10 Å². The summed E-state index contributed by atoms with van der Waals surface area (Å²) in [7, 11) is 0. The Balaban J connectivity index is 2.65. The second-order valence-electron chi connectivity index (χ2n) is 3.40. The summed E-state index contributed by atoms with van der Waals surface area (Å²) in [5, 5.41) is 30.3. The van der Waals surface area contributed by atoms with Gasteiger partial charge in [0.05, 0.1) is 10.5 Å². The lowest BCUT2D eigenvalue weighted by Crippen LogP contribution is -2.06. The van der Waals surface area contributed by atoms with Crippen LogP contribution in [-0.2, 0) is 0 Å². The van der Waals surface area contributed by atoms with E-state index in [9.17, 15) is 14.9 Å². The van der Waals surface area contributed by atoms with Crippen molar-refractivity contribution in [1.82, 2.24) is 20.2 Å². The van der Waals surface area contributed by atoms with E-state index >= 15 is 0 Å². The molecule has 0 atom stereocenters. The lowest BCUT2D eigenvalue weighted by atomic mass is 10.1. The number of nitro benzene ring substituents is 1. The van der Waals surface area contributed by atoms with Crippen LogP contribution in [0.5, 0.6) is 0 Å². The fourth-order valence-electron chi connectivity index (χ4n) is 1.44. The molecule has 9 heteroatoms. The molecular formula is C9H7N5O4. The van der Waals surface area contributed by atoms with Crippen molar-refractivity contribution >= 4 is 11.7 Å². The average molecular weight is 249 g/mol. The number of nitro groups is 1. The van der Waals surface area contributed by atoms with Gasteiger partial charge in [0.25, 0.3) is 5.69 Å². The molecule has 1 N–H and O–H groups in total. The Kier molecular flexibility index (Phi) is 2.72. The molecule has 0 fully saturated rings. The van der Waals surface area contributed by atoms with Crippen molar-refractivity contribution in [3.63, 3.8) is 0 Å². The highest BCUT2D eigenvalue weighted by Crippen LogP contribution is 2.24. The van der Waals surface area contributed by atoms with Crippen molar-refractivity contribution in [2.24, 2.45) is 0 Å². The highest BCUT2D eigenvalue weighted by atomic mass is 16.6. The number of benzene rings is 1. The molecule has 0 saturated carbocycles. The van der Waals surface area contributed by atoms with Crippen LogP contribution in [0.1, 0.15) is 16.2 Å². The number of carboxylic acid groups (broad SMARTS) is 1. The first kappa shape index (κ1) is 11.6. The fraction of sp³-hybridized carbons (Fsp3) is 0.111. The Bertz CT molecular complexity index is 636. The Labute approximate surface area is 99.8 Å². The van der Waals surface area contributed by atoms with Crippen LogP contribution in [0.4, 0.5) is 5.69 Å².